The van der Waals surface area contributed by atoms with Crippen molar-refractivity contribution >= 4 is 15.7 Å². The molecule has 1 amide bonds. The molecular formula is C14H27NO3S. The molecule has 5 heteroatoms. The van der Waals surface area contributed by atoms with Crippen molar-refractivity contribution in [1.29, 1.82) is 0 Å². The fourth-order valence-corrected chi connectivity index (χ4v) is 4.55. The molecule has 0 N–H and O–H groups in total. The van der Waals surface area contributed by atoms with Crippen LogP contribution in [0.4, 0.5) is 0 Å². The summed E-state index contributed by atoms with van der Waals surface area (Å²) in [4.78, 5) is 13.8. The molecule has 0 spiro atoms. The maximum Gasteiger partial charge on any atom is 0.223 e. The van der Waals surface area contributed by atoms with Gasteiger partial charge in [0.15, 0.2) is 9.84 Å². The van der Waals surface area contributed by atoms with Crippen LogP contribution in [0.25, 0.3) is 0 Å². The Hall–Kier alpha value is -0.580. The zero-order valence-electron chi connectivity index (χ0n) is 12.2. The highest BCUT2D eigenvalue weighted by Gasteiger charge is 2.29. The summed E-state index contributed by atoms with van der Waals surface area (Å²) in [5.41, 5.74) is 0. The first kappa shape index (κ1) is 16.5. The van der Waals surface area contributed by atoms with E-state index in [1.807, 2.05) is 13.8 Å². The number of nitrogens with zero attached hydrogens (tertiary/aromatic N) is 1. The zero-order chi connectivity index (χ0) is 14.3. The van der Waals surface area contributed by atoms with Crippen molar-refractivity contribution < 1.29 is 13.2 Å². The van der Waals surface area contributed by atoms with Crippen molar-refractivity contribution in [3.05, 3.63) is 0 Å². The van der Waals surface area contributed by atoms with Gasteiger partial charge in [0, 0.05) is 19.5 Å². The van der Waals surface area contributed by atoms with Gasteiger partial charge < -0.3 is 4.90 Å². The molecule has 0 saturated heterocycles. The van der Waals surface area contributed by atoms with Gasteiger partial charge in [-0.15, -0.1) is 0 Å². The molecule has 1 fully saturated rings. The molecule has 112 valence electrons. The van der Waals surface area contributed by atoms with Crippen LogP contribution in [0.3, 0.4) is 0 Å². The van der Waals surface area contributed by atoms with E-state index in [0.717, 1.165) is 51.6 Å². The summed E-state index contributed by atoms with van der Waals surface area (Å²) >= 11 is 0. The van der Waals surface area contributed by atoms with E-state index in [9.17, 15) is 13.2 Å². The molecule has 0 unspecified atom stereocenters. The van der Waals surface area contributed by atoms with E-state index in [1.54, 1.807) is 4.90 Å². The lowest BCUT2D eigenvalue weighted by molar-refractivity contribution is -0.130. The van der Waals surface area contributed by atoms with Gasteiger partial charge in [-0.05, 0) is 25.7 Å². The lowest BCUT2D eigenvalue weighted by Crippen LogP contribution is -2.34. The lowest BCUT2D eigenvalue weighted by atomic mass is 10.3. The van der Waals surface area contributed by atoms with Crippen molar-refractivity contribution in [3.63, 3.8) is 0 Å². The lowest BCUT2D eigenvalue weighted by Gasteiger charge is -2.21. The molecule has 0 atom stereocenters. The van der Waals surface area contributed by atoms with Gasteiger partial charge >= 0.3 is 0 Å². The number of hydrogen-bond donors (Lipinski definition) is 0. The van der Waals surface area contributed by atoms with E-state index in [-0.39, 0.29) is 23.3 Å². The van der Waals surface area contributed by atoms with Crippen molar-refractivity contribution in [2.75, 3.05) is 18.8 Å². The number of carbonyl (C=O) groups excluding carboxylic acids is 1. The van der Waals surface area contributed by atoms with Crippen molar-refractivity contribution in [2.24, 2.45) is 0 Å². The molecule has 0 radical (unpaired) electrons. The number of amides is 1. The van der Waals surface area contributed by atoms with Gasteiger partial charge in [-0.3, -0.25) is 4.79 Å². The third-order valence-corrected chi connectivity index (χ3v) is 6.01. The SMILES string of the molecule is CCCN(CCC)C(=O)CCS(=O)(=O)C1CCCC1. The topological polar surface area (TPSA) is 54.5 Å². The van der Waals surface area contributed by atoms with E-state index in [1.165, 1.54) is 0 Å². The first-order valence-corrected chi connectivity index (χ1v) is 9.22. The van der Waals surface area contributed by atoms with Gasteiger partial charge in [-0.2, -0.15) is 0 Å². The average Bonchev–Trinajstić information content (AvgIpc) is 2.90. The first-order valence-electron chi connectivity index (χ1n) is 7.50. The molecule has 1 saturated carbocycles. The van der Waals surface area contributed by atoms with Gasteiger partial charge in [0.25, 0.3) is 0 Å². The molecule has 1 rings (SSSR count). The Kier molecular flexibility index (Phi) is 6.83. The quantitative estimate of drug-likeness (QED) is 0.689. The Labute approximate surface area is 117 Å². The molecule has 0 aromatic rings. The normalized spacial score (nSPS) is 16.7. The Balaban J connectivity index is 2.47. The zero-order valence-corrected chi connectivity index (χ0v) is 13.0. The summed E-state index contributed by atoms with van der Waals surface area (Å²) in [5.74, 6) is 0.0192. The van der Waals surface area contributed by atoms with Crippen LogP contribution in [-0.2, 0) is 14.6 Å². The highest BCUT2D eigenvalue weighted by Crippen LogP contribution is 2.25. The maximum absolute atomic E-state index is 12.1. The number of hydrogen-bond acceptors (Lipinski definition) is 3. The second kappa shape index (κ2) is 7.88. The van der Waals surface area contributed by atoms with Crippen molar-refractivity contribution in [3.8, 4) is 0 Å². The van der Waals surface area contributed by atoms with E-state index < -0.39 is 9.84 Å². The van der Waals surface area contributed by atoms with Gasteiger partial charge in [0.2, 0.25) is 5.91 Å². The standard InChI is InChI=1S/C14H27NO3S/c1-3-10-15(11-4-2)14(16)9-12-19(17,18)13-7-5-6-8-13/h13H,3-12H2,1-2H3. The van der Waals surface area contributed by atoms with Crippen LogP contribution in [0.15, 0.2) is 0 Å². The number of carbonyl (C=O) groups is 1. The summed E-state index contributed by atoms with van der Waals surface area (Å²) in [6.07, 6.45) is 5.57. The summed E-state index contributed by atoms with van der Waals surface area (Å²) in [7, 11) is -3.07. The van der Waals surface area contributed by atoms with Gasteiger partial charge in [0.05, 0.1) is 11.0 Å². The van der Waals surface area contributed by atoms with E-state index in [4.69, 9.17) is 0 Å². The molecule has 1 aliphatic rings. The molecule has 19 heavy (non-hydrogen) atoms. The smallest absolute Gasteiger partial charge is 0.223 e. The maximum atomic E-state index is 12.1. The molecule has 4 nitrogen and oxygen atoms in total. The summed E-state index contributed by atoms with van der Waals surface area (Å²) in [6.45, 7) is 5.53. The summed E-state index contributed by atoms with van der Waals surface area (Å²) in [5, 5.41) is -0.189. The van der Waals surface area contributed by atoms with Crippen LogP contribution in [-0.4, -0.2) is 43.3 Å². The van der Waals surface area contributed by atoms with Crippen LogP contribution in [0.2, 0.25) is 0 Å². The van der Waals surface area contributed by atoms with Crippen LogP contribution in [0, 0.1) is 0 Å². The average molecular weight is 289 g/mol. The Morgan fingerprint density at radius 3 is 2.11 bits per heavy atom. The van der Waals surface area contributed by atoms with E-state index >= 15 is 0 Å². The van der Waals surface area contributed by atoms with Crippen molar-refractivity contribution in [2.45, 2.75) is 64.0 Å². The van der Waals surface area contributed by atoms with Crippen LogP contribution in [0.5, 0.6) is 0 Å². The highest BCUT2D eigenvalue weighted by atomic mass is 32.2. The molecule has 1 aliphatic carbocycles. The van der Waals surface area contributed by atoms with Gasteiger partial charge in [-0.1, -0.05) is 26.7 Å². The fourth-order valence-electron chi connectivity index (χ4n) is 2.70. The summed E-state index contributed by atoms with van der Waals surface area (Å²) < 4.78 is 24.2. The van der Waals surface area contributed by atoms with Crippen LogP contribution >= 0.6 is 0 Å². The number of rotatable bonds is 8. The second-order valence-electron chi connectivity index (χ2n) is 5.40. The van der Waals surface area contributed by atoms with Crippen LogP contribution in [0.1, 0.15) is 58.8 Å². The third-order valence-electron chi connectivity index (χ3n) is 3.75. The fraction of sp³-hybridized carbons (Fsp3) is 0.929. The third kappa shape index (κ3) is 5.13. The first-order chi connectivity index (χ1) is 9.01. The molecule has 0 aromatic heterocycles. The Morgan fingerprint density at radius 1 is 1.11 bits per heavy atom. The Morgan fingerprint density at radius 2 is 1.63 bits per heavy atom. The monoisotopic (exact) mass is 289 g/mol. The molecule has 0 aliphatic heterocycles. The molecular weight excluding hydrogens is 262 g/mol. The molecule has 0 aromatic carbocycles. The van der Waals surface area contributed by atoms with Gasteiger partial charge in [-0.25, -0.2) is 8.42 Å². The predicted octanol–water partition coefficient (Wildman–Crippen LogP) is 2.38. The molecule has 0 heterocycles. The molecule has 0 bridgehead atoms. The highest BCUT2D eigenvalue weighted by molar-refractivity contribution is 7.92. The number of sulfone groups is 1. The van der Waals surface area contributed by atoms with Crippen molar-refractivity contribution in [1.82, 2.24) is 4.90 Å². The Bertz CT molecular complexity index is 366. The minimum absolute atomic E-state index is 0.00901. The second-order valence-corrected chi connectivity index (χ2v) is 7.80. The van der Waals surface area contributed by atoms with Crippen LogP contribution < -0.4 is 0 Å². The van der Waals surface area contributed by atoms with E-state index in [0.29, 0.717) is 0 Å². The van der Waals surface area contributed by atoms with E-state index in [2.05, 4.69) is 0 Å². The summed E-state index contributed by atoms with van der Waals surface area (Å²) in [6, 6.07) is 0. The minimum atomic E-state index is -3.07. The predicted molar refractivity (Wildman–Crippen MR) is 77.8 cm³/mol. The minimum Gasteiger partial charge on any atom is -0.343 e. The largest absolute Gasteiger partial charge is 0.343 e. The van der Waals surface area contributed by atoms with Gasteiger partial charge in [0.1, 0.15) is 0 Å².